The summed E-state index contributed by atoms with van der Waals surface area (Å²) in [6.45, 7) is 10.9. The summed E-state index contributed by atoms with van der Waals surface area (Å²) in [4.78, 5) is 0. The van der Waals surface area contributed by atoms with E-state index in [-0.39, 0.29) is 6.10 Å². The predicted octanol–water partition coefficient (Wildman–Crippen LogP) is 2.64. The van der Waals surface area contributed by atoms with Crippen LogP contribution in [0.1, 0.15) is 40.0 Å². The van der Waals surface area contributed by atoms with Gasteiger partial charge < -0.3 is 5.11 Å². The summed E-state index contributed by atoms with van der Waals surface area (Å²) in [5.74, 6) is 1.25. The molecular weight excluding hydrogens is 160 g/mol. The fraction of sp³-hybridized carbons (Fsp3) is 0.917. The molecule has 0 aromatic heterocycles. The largest absolute Gasteiger partial charge is 0.393 e. The highest BCUT2D eigenvalue weighted by molar-refractivity contribution is 5.11. The van der Waals surface area contributed by atoms with Gasteiger partial charge in [-0.2, -0.15) is 0 Å². The molecule has 13 heavy (non-hydrogen) atoms. The van der Waals surface area contributed by atoms with Gasteiger partial charge in [-0.25, -0.2) is 0 Å². The fourth-order valence-electron chi connectivity index (χ4n) is 3.85. The summed E-state index contributed by atoms with van der Waals surface area (Å²) >= 11 is 0. The predicted molar refractivity (Wildman–Crippen MR) is 54.1 cm³/mol. The molecule has 2 fully saturated rings. The Morgan fingerprint density at radius 3 is 2.23 bits per heavy atom. The summed E-state index contributed by atoms with van der Waals surface area (Å²) in [7, 11) is 0. The van der Waals surface area contributed by atoms with Gasteiger partial charge in [-0.15, -0.1) is 0 Å². The van der Waals surface area contributed by atoms with E-state index in [4.69, 9.17) is 0 Å². The number of fused-ring (bicyclic) bond motifs is 2. The van der Waals surface area contributed by atoms with Crippen LogP contribution >= 0.6 is 0 Å². The molecule has 2 aliphatic carbocycles. The van der Waals surface area contributed by atoms with Crippen molar-refractivity contribution in [2.75, 3.05) is 0 Å². The Labute approximate surface area is 81.5 Å². The van der Waals surface area contributed by atoms with Crippen LogP contribution in [0.15, 0.2) is 0 Å². The van der Waals surface area contributed by atoms with Crippen molar-refractivity contribution in [1.82, 2.24) is 0 Å². The summed E-state index contributed by atoms with van der Waals surface area (Å²) in [5.41, 5.74) is 0.745. The quantitative estimate of drug-likeness (QED) is 0.659. The Morgan fingerprint density at radius 1 is 1.38 bits per heavy atom. The normalized spacial score (nSPS) is 49.6. The third-order valence-electron chi connectivity index (χ3n) is 5.33. The lowest BCUT2D eigenvalue weighted by Gasteiger charge is -2.40. The Hall–Kier alpha value is -0.0400. The molecule has 75 valence electrons. The Morgan fingerprint density at radius 2 is 2.00 bits per heavy atom. The Kier molecular flexibility index (Phi) is 1.83. The summed E-state index contributed by atoms with van der Waals surface area (Å²) in [5, 5.41) is 9.66. The number of hydrogen-bond acceptors (Lipinski definition) is 1. The van der Waals surface area contributed by atoms with Gasteiger partial charge in [-0.3, -0.25) is 0 Å². The number of aliphatic hydroxyl groups is 1. The maximum absolute atomic E-state index is 9.66. The zero-order valence-electron chi connectivity index (χ0n) is 9.01. The standard InChI is InChI=1S/C12H21O/c1-8(13)10-7-9-5-6-12(10,4)11(9,2)3/h8-10,13H,1,5-7H2,2-4H3/t8?,9-,10?,12-/m1/s1. The molecule has 1 nitrogen and oxygen atoms in total. The molecule has 0 heterocycles. The number of hydrogen-bond donors (Lipinski definition) is 1. The lowest BCUT2D eigenvalue weighted by Crippen LogP contribution is -2.37. The van der Waals surface area contributed by atoms with E-state index in [1.54, 1.807) is 0 Å². The molecule has 1 N–H and O–H groups in total. The van der Waals surface area contributed by atoms with Crippen molar-refractivity contribution in [1.29, 1.82) is 0 Å². The zero-order valence-corrected chi connectivity index (χ0v) is 9.01. The van der Waals surface area contributed by atoms with Gasteiger partial charge >= 0.3 is 0 Å². The highest BCUT2D eigenvalue weighted by Crippen LogP contribution is 2.68. The molecule has 0 aromatic carbocycles. The molecule has 2 aliphatic rings. The first-order chi connectivity index (χ1) is 5.89. The van der Waals surface area contributed by atoms with Crippen molar-refractivity contribution in [2.24, 2.45) is 22.7 Å². The third kappa shape index (κ3) is 0.971. The molecule has 2 unspecified atom stereocenters. The molecule has 0 aromatic rings. The minimum Gasteiger partial charge on any atom is -0.393 e. The van der Waals surface area contributed by atoms with Crippen LogP contribution in [0, 0.1) is 29.6 Å². The zero-order chi connectivity index (χ0) is 9.85. The molecule has 1 heteroatoms. The summed E-state index contributed by atoms with van der Waals surface area (Å²) in [6.07, 6.45) is 3.46. The van der Waals surface area contributed by atoms with E-state index in [0.29, 0.717) is 16.7 Å². The molecule has 0 spiro atoms. The smallest absolute Gasteiger partial charge is 0.0574 e. The van der Waals surface area contributed by atoms with E-state index in [0.717, 1.165) is 5.92 Å². The van der Waals surface area contributed by atoms with E-state index in [1.807, 2.05) is 0 Å². The maximum Gasteiger partial charge on any atom is 0.0574 e. The van der Waals surface area contributed by atoms with Crippen LogP contribution < -0.4 is 0 Å². The van der Waals surface area contributed by atoms with Crippen molar-refractivity contribution in [3.63, 3.8) is 0 Å². The van der Waals surface area contributed by atoms with Crippen LogP contribution in [-0.2, 0) is 0 Å². The molecule has 2 saturated carbocycles. The van der Waals surface area contributed by atoms with Crippen LogP contribution in [0.4, 0.5) is 0 Å². The highest BCUT2D eigenvalue weighted by Gasteiger charge is 2.61. The molecule has 0 saturated heterocycles. The van der Waals surface area contributed by atoms with Gasteiger partial charge in [0.25, 0.3) is 0 Å². The Balaban J connectivity index is 2.33. The lowest BCUT2D eigenvalue weighted by atomic mass is 9.65. The van der Waals surface area contributed by atoms with Crippen molar-refractivity contribution < 1.29 is 5.11 Å². The van der Waals surface area contributed by atoms with Gasteiger partial charge in [0.2, 0.25) is 0 Å². The van der Waals surface area contributed by atoms with Crippen LogP contribution in [0.2, 0.25) is 0 Å². The van der Waals surface area contributed by atoms with Gasteiger partial charge in [0.05, 0.1) is 6.10 Å². The highest BCUT2D eigenvalue weighted by atomic mass is 16.3. The first-order valence-corrected chi connectivity index (χ1v) is 5.41. The fourth-order valence-corrected chi connectivity index (χ4v) is 3.85. The van der Waals surface area contributed by atoms with E-state index < -0.39 is 0 Å². The van der Waals surface area contributed by atoms with Gasteiger partial charge in [0.15, 0.2) is 0 Å². The van der Waals surface area contributed by atoms with Crippen LogP contribution in [0.25, 0.3) is 0 Å². The van der Waals surface area contributed by atoms with Crippen LogP contribution in [-0.4, -0.2) is 11.2 Å². The molecular formula is C12H21O. The first kappa shape index (κ1) is 9.51. The monoisotopic (exact) mass is 181 g/mol. The minimum absolute atomic E-state index is 0.332. The van der Waals surface area contributed by atoms with Gasteiger partial charge in [-0.1, -0.05) is 20.8 Å². The maximum atomic E-state index is 9.66. The van der Waals surface area contributed by atoms with Crippen LogP contribution in [0.5, 0.6) is 0 Å². The lowest BCUT2D eigenvalue weighted by molar-refractivity contribution is 0.0276. The van der Waals surface area contributed by atoms with E-state index in [2.05, 4.69) is 27.7 Å². The van der Waals surface area contributed by atoms with Crippen molar-refractivity contribution >= 4 is 0 Å². The Bertz CT molecular complexity index is 219. The van der Waals surface area contributed by atoms with Crippen molar-refractivity contribution in [2.45, 2.75) is 46.1 Å². The molecule has 1 radical (unpaired) electrons. The average Bonchev–Trinajstić information content (AvgIpc) is 2.34. The number of rotatable bonds is 1. The van der Waals surface area contributed by atoms with E-state index in [9.17, 15) is 5.11 Å². The second kappa shape index (κ2) is 2.50. The topological polar surface area (TPSA) is 20.2 Å². The van der Waals surface area contributed by atoms with Gasteiger partial charge in [-0.05, 0) is 48.9 Å². The van der Waals surface area contributed by atoms with E-state index in [1.165, 1.54) is 19.3 Å². The SMILES string of the molecule is [CH2]C(O)C1C[C@H]2CC[C@@]1(C)C2(C)C. The van der Waals surface area contributed by atoms with Crippen molar-refractivity contribution in [3.05, 3.63) is 6.92 Å². The summed E-state index contributed by atoms with van der Waals surface area (Å²) in [6, 6.07) is 0. The molecule has 2 bridgehead atoms. The molecule has 4 atom stereocenters. The molecule has 0 amide bonds. The number of aliphatic hydroxyl groups excluding tert-OH is 1. The second-order valence-corrected chi connectivity index (χ2v) is 5.78. The first-order valence-electron chi connectivity index (χ1n) is 5.41. The van der Waals surface area contributed by atoms with Crippen LogP contribution in [0.3, 0.4) is 0 Å². The average molecular weight is 181 g/mol. The molecule has 2 rings (SSSR count). The van der Waals surface area contributed by atoms with Gasteiger partial charge in [0, 0.05) is 0 Å². The molecule has 0 aliphatic heterocycles. The van der Waals surface area contributed by atoms with Gasteiger partial charge in [0.1, 0.15) is 0 Å². The third-order valence-corrected chi connectivity index (χ3v) is 5.33. The van der Waals surface area contributed by atoms with E-state index >= 15 is 0 Å². The second-order valence-electron chi connectivity index (χ2n) is 5.78. The minimum atomic E-state index is -0.366. The summed E-state index contributed by atoms with van der Waals surface area (Å²) < 4.78 is 0. The van der Waals surface area contributed by atoms with Crippen molar-refractivity contribution in [3.8, 4) is 0 Å².